The normalized spacial score (nSPS) is 10.5. The van der Waals surface area contributed by atoms with Gasteiger partial charge >= 0.3 is 0 Å². The molecule has 0 atom stereocenters. The number of non-ortho nitro benzene ring substituents is 1. The van der Waals surface area contributed by atoms with Crippen LogP contribution < -0.4 is 10.1 Å². The van der Waals surface area contributed by atoms with Crippen molar-refractivity contribution in [3.8, 4) is 5.75 Å². The van der Waals surface area contributed by atoms with E-state index in [9.17, 15) is 14.9 Å². The van der Waals surface area contributed by atoms with Crippen molar-refractivity contribution in [1.82, 2.24) is 0 Å². The number of anilines is 1. The topological polar surface area (TPSA) is 81.5 Å². The Morgan fingerprint density at radius 1 is 1.30 bits per heavy atom. The molecule has 7 heteroatoms. The molecule has 0 aliphatic carbocycles. The number of hydrogen-bond acceptors (Lipinski definition) is 4. The summed E-state index contributed by atoms with van der Waals surface area (Å²) in [5.41, 5.74) is 0.848. The average molecular weight is 333 g/mol. The Labute approximate surface area is 137 Å². The maximum atomic E-state index is 12.0. The van der Waals surface area contributed by atoms with E-state index < -0.39 is 10.8 Å². The molecule has 0 unspecified atom stereocenters. The van der Waals surface area contributed by atoms with E-state index >= 15 is 0 Å². The smallest absolute Gasteiger partial charge is 0.271 e. The van der Waals surface area contributed by atoms with E-state index in [1.807, 2.05) is 0 Å². The Morgan fingerprint density at radius 3 is 2.74 bits per heavy atom. The third kappa shape index (κ3) is 4.55. The van der Waals surface area contributed by atoms with Gasteiger partial charge in [-0.2, -0.15) is 0 Å². The summed E-state index contributed by atoms with van der Waals surface area (Å²) < 4.78 is 5.08. The molecule has 0 bridgehead atoms. The van der Waals surface area contributed by atoms with Crippen molar-refractivity contribution in [2.45, 2.75) is 0 Å². The van der Waals surface area contributed by atoms with Gasteiger partial charge in [-0.3, -0.25) is 14.9 Å². The zero-order valence-electron chi connectivity index (χ0n) is 12.2. The Kier molecular flexibility index (Phi) is 5.32. The summed E-state index contributed by atoms with van der Waals surface area (Å²) >= 11 is 5.86. The first-order valence-electron chi connectivity index (χ1n) is 6.56. The number of nitro groups is 1. The van der Waals surface area contributed by atoms with Crippen LogP contribution in [-0.2, 0) is 4.79 Å². The summed E-state index contributed by atoms with van der Waals surface area (Å²) in [5, 5.41) is 13.9. The Balaban J connectivity index is 2.16. The molecule has 2 aromatic rings. The molecule has 2 rings (SSSR count). The molecule has 0 saturated heterocycles. The van der Waals surface area contributed by atoms with Gasteiger partial charge in [-0.15, -0.1) is 0 Å². The van der Waals surface area contributed by atoms with Crippen molar-refractivity contribution in [2.24, 2.45) is 0 Å². The van der Waals surface area contributed by atoms with Crippen LogP contribution in [0.15, 0.2) is 48.5 Å². The number of rotatable bonds is 5. The molecule has 23 heavy (non-hydrogen) atoms. The van der Waals surface area contributed by atoms with Gasteiger partial charge in [0.1, 0.15) is 5.75 Å². The molecule has 0 aliphatic heterocycles. The largest absolute Gasteiger partial charge is 0.495 e. The van der Waals surface area contributed by atoms with Gasteiger partial charge in [-0.05, 0) is 29.8 Å². The van der Waals surface area contributed by atoms with Gasteiger partial charge in [0.15, 0.2) is 0 Å². The molecule has 2 aromatic carbocycles. The van der Waals surface area contributed by atoms with E-state index in [2.05, 4.69) is 5.32 Å². The molecule has 0 heterocycles. The van der Waals surface area contributed by atoms with Gasteiger partial charge in [0.05, 0.1) is 17.7 Å². The highest BCUT2D eigenvalue weighted by Gasteiger charge is 2.12. The monoisotopic (exact) mass is 332 g/mol. The van der Waals surface area contributed by atoms with Gasteiger partial charge < -0.3 is 10.1 Å². The molecule has 118 valence electrons. The summed E-state index contributed by atoms with van der Waals surface area (Å²) in [6.07, 6.45) is 2.90. The molecule has 6 nitrogen and oxygen atoms in total. The Bertz CT molecular complexity index is 774. The molecule has 0 fully saturated rings. The molecule has 0 saturated carbocycles. The first-order valence-corrected chi connectivity index (χ1v) is 6.94. The van der Waals surface area contributed by atoms with Gasteiger partial charge in [-0.25, -0.2) is 0 Å². The van der Waals surface area contributed by atoms with E-state index in [1.165, 1.54) is 31.4 Å². The minimum absolute atomic E-state index is 0.139. The number of nitro benzene ring substituents is 1. The second-order valence-electron chi connectivity index (χ2n) is 4.52. The van der Waals surface area contributed by atoms with Crippen molar-refractivity contribution >= 4 is 35.0 Å². The number of amides is 1. The first-order chi connectivity index (χ1) is 11.0. The number of ether oxygens (including phenoxy) is 1. The summed E-state index contributed by atoms with van der Waals surface area (Å²) in [6, 6.07) is 11.0. The third-order valence-electron chi connectivity index (χ3n) is 2.93. The number of benzene rings is 2. The molecule has 1 N–H and O–H groups in total. The summed E-state index contributed by atoms with van der Waals surface area (Å²) in [5.74, 6) is -0.108. The van der Waals surface area contributed by atoms with Gasteiger partial charge in [0.2, 0.25) is 5.91 Å². The maximum Gasteiger partial charge on any atom is 0.271 e. The summed E-state index contributed by atoms with van der Waals surface area (Å²) in [6.45, 7) is 0. The average Bonchev–Trinajstić information content (AvgIpc) is 2.53. The summed E-state index contributed by atoms with van der Waals surface area (Å²) in [7, 11) is 1.42. The molecular formula is C16H13ClN2O4. The van der Waals surface area contributed by atoms with Crippen LogP contribution in [0.1, 0.15) is 5.56 Å². The van der Waals surface area contributed by atoms with Crippen LogP contribution in [0.4, 0.5) is 11.4 Å². The van der Waals surface area contributed by atoms with Crippen molar-refractivity contribution in [1.29, 1.82) is 0 Å². The van der Waals surface area contributed by atoms with Crippen LogP contribution in [0.5, 0.6) is 5.75 Å². The second-order valence-corrected chi connectivity index (χ2v) is 4.96. The molecule has 1 amide bonds. The molecule has 0 spiro atoms. The predicted molar refractivity (Wildman–Crippen MR) is 88.8 cm³/mol. The number of carbonyl (C=O) groups excluding carboxylic acids is 1. The number of nitrogens with zero attached hydrogens (tertiary/aromatic N) is 1. The lowest BCUT2D eigenvalue weighted by Crippen LogP contribution is -2.09. The van der Waals surface area contributed by atoms with Gasteiger partial charge in [0, 0.05) is 23.2 Å². The number of methoxy groups -OCH3 is 1. The zero-order chi connectivity index (χ0) is 16.8. The highest BCUT2D eigenvalue weighted by atomic mass is 35.5. The summed E-state index contributed by atoms with van der Waals surface area (Å²) in [4.78, 5) is 22.2. The van der Waals surface area contributed by atoms with Crippen LogP contribution in [0.25, 0.3) is 6.08 Å². The standard InChI is InChI=1S/C16H13ClN2O4/c1-23-15-7-6-13(19(21)22)10-14(15)18-16(20)8-5-11-3-2-4-12(17)9-11/h2-10H,1H3,(H,18,20)/b8-5+. The molecule has 0 aliphatic rings. The van der Waals surface area contributed by atoms with Crippen LogP contribution in [0, 0.1) is 10.1 Å². The fourth-order valence-electron chi connectivity index (χ4n) is 1.86. The SMILES string of the molecule is COc1ccc([N+](=O)[O-])cc1NC(=O)/C=C/c1cccc(Cl)c1. The second kappa shape index (κ2) is 7.42. The van der Waals surface area contributed by atoms with Crippen molar-refractivity contribution in [3.63, 3.8) is 0 Å². The van der Waals surface area contributed by atoms with Crippen LogP contribution in [0.3, 0.4) is 0 Å². The van der Waals surface area contributed by atoms with Crippen molar-refractivity contribution < 1.29 is 14.5 Å². The fraction of sp³-hybridized carbons (Fsp3) is 0.0625. The fourth-order valence-corrected chi connectivity index (χ4v) is 2.06. The van der Waals surface area contributed by atoms with Crippen LogP contribution in [0.2, 0.25) is 5.02 Å². The van der Waals surface area contributed by atoms with E-state index in [0.717, 1.165) is 5.56 Å². The number of carbonyl (C=O) groups is 1. The lowest BCUT2D eigenvalue weighted by atomic mass is 10.2. The minimum Gasteiger partial charge on any atom is -0.495 e. The van der Waals surface area contributed by atoms with Crippen LogP contribution >= 0.6 is 11.6 Å². The Hall–Kier alpha value is -2.86. The number of hydrogen-bond donors (Lipinski definition) is 1. The predicted octanol–water partition coefficient (Wildman–Crippen LogP) is 3.91. The van der Waals surface area contributed by atoms with Crippen molar-refractivity contribution in [3.05, 3.63) is 69.2 Å². The highest BCUT2D eigenvalue weighted by molar-refractivity contribution is 6.30. The lowest BCUT2D eigenvalue weighted by Gasteiger charge is -2.08. The van der Waals surface area contributed by atoms with Crippen molar-refractivity contribution in [2.75, 3.05) is 12.4 Å². The van der Waals surface area contributed by atoms with E-state index in [4.69, 9.17) is 16.3 Å². The van der Waals surface area contributed by atoms with Crippen LogP contribution in [-0.4, -0.2) is 17.9 Å². The quantitative estimate of drug-likeness (QED) is 0.511. The van der Waals surface area contributed by atoms with E-state index in [0.29, 0.717) is 10.8 Å². The Morgan fingerprint density at radius 2 is 2.09 bits per heavy atom. The number of halogens is 1. The minimum atomic E-state index is -0.545. The van der Waals surface area contributed by atoms with Gasteiger partial charge in [0.25, 0.3) is 5.69 Å². The highest BCUT2D eigenvalue weighted by Crippen LogP contribution is 2.28. The number of nitrogens with one attached hydrogen (secondary N) is 1. The third-order valence-corrected chi connectivity index (χ3v) is 3.16. The maximum absolute atomic E-state index is 12.0. The van der Waals surface area contributed by atoms with Gasteiger partial charge in [-0.1, -0.05) is 23.7 Å². The zero-order valence-corrected chi connectivity index (χ0v) is 12.9. The van der Waals surface area contributed by atoms with E-state index in [1.54, 1.807) is 30.3 Å². The first kappa shape index (κ1) is 16.5. The van der Waals surface area contributed by atoms with E-state index in [-0.39, 0.29) is 11.4 Å². The molecular weight excluding hydrogens is 320 g/mol. The lowest BCUT2D eigenvalue weighted by molar-refractivity contribution is -0.384. The molecule has 0 radical (unpaired) electrons. The molecule has 0 aromatic heterocycles.